The summed E-state index contributed by atoms with van der Waals surface area (Å²) in [6.45, 7) is 4.30. The zero-order valence-electron chi connectivity index (χ0n) is 9.74. The third-order valence-electron chi connectivity index (χ3n) is 3.96. The molecular formula is C12H21NO3. The molecule has 0 bridgehead atoms. The third-order valence-corrected chi connectivity index (χ3v) is 3.96. The molecule has 3 heterocycles. The van der Waals surface area contributed by atoms with E-state index >= 15 is 0 Å². The number of rotatable bonds is 2. The Morgan fingerprint density at radius 1 is 1.00 bits per heavy atom. The fraction of sp³-hybridized carbons (Fsp3) is 1.00. The van der Waals surface area contributed by atoms with E-state index < -0.39 is 0 Å². The van der Waals surface area contributed by atoms with Crippen LogP contribution in [0, 0.1) is 0 Å². The van der Waals surface area contributed by atoms with E-state index in [2.05, 4.69) is 5.32 Å². The molecular weight excluding hydrogens is 206 g/mol. The molecule has 0 saturated carbocycles. The van der Waals surface area contributed by atoms with Gasteiger partial charge in [-0.3, -0.25) is 0 Å². The normalized spacial score (nSPS) is 44.2. The molecule has 16 heavy (non-hydrogen) atoms. The van der Waals surface area contributed by atoms with Crippen molar-refractivity contribution in [2.75, 3.05) is 33.0 Å². The minimum atomic E-state index is 0.0232. The van der Waals surface area contributed by atoms with Gasteiger partial charge < -0.3 is 19.5 Å². The van der Waals surface area contributed by atoms with E-state index in [9.17, 15) is 0 Å². The van der Waals surface area contributed by atoms with Crippen molar-refractivity contribution in [3.63, 3.8) is 0 Å². The molecule has 3 aliphatic heterocycles. The van der Waals surface area contributed by atoms with Crippen molar-refractivity contribution in [1.29, 1.82) is 0 Å². The zero-order valence-corrected chi connectivity index (χ0v) is 9.74. The summed E-state index contributed by atoms with van der Waals surface area (Å²) in [6, 6.07) is 1.14. The summed E-state index contributed by atoms with van der Waals surface area (Å²) in [5.41, 5.74) is 0.0232. The third kappa shape index (κ3) is 2.25. The van der Waals surface area contributed by atoms with Crippen molar-refractivity contribution >= 4 is 0 Å². The monoisotopic (exact) mass is 227 g/mol. The molecule has 92 valence electrons. The molecule has 0 aromatic carbocycles. The molecule has 0 aromatic heterocycles. The van der Waals surface area contributed by atoms with Crippen molar-refractivity contribution in [3.8, 4) is 0 Å². The summed E-state index contributed by atoms with van der Waals surface area (Å²) in [6.07, 6.45) is 4.44. The van der Waals surface area contributed by atoms with Gasteiger partial charge in [0.2, 0.25) is 0 Å². The zero-order chi connectivity index (χ0) is 10.8. The van der Waals surface area contributed by atoms with Crippen molar-refractivity contribution in [1.82, 2.24) is 5.32 Å². The maximum Gasteiger partial charge on any atom is 0.0951 e. The molecule has 1 spiro atoms. The van der Waals surface area contributed by atoms with Crippen molar-refractivity contribution < 1.29 is 14.2 Å². The average Bonchev–Trinajstić information content (AvgIpc) is 2.91. The summed E-state index contributed by atoms with van der Waals surface area (Å²) < 4.78 is 16.8. The SMILES string of the molecule is C1CC(NC2CCOC3(CCOC3)C2)CO1. The van der Waals surface area contributed by atoms with E-state index in [0.29, 0.717) is 12.1 Å². The fourth-order valence-corrected chi connectivity index (χ4v) is 3.03. The standard InChI is InChI=1S/C12H21NO3/c1-4-14-8-11(1)13-10-2-5-16-12(7-10)3-6-15-9-12/h10-11,13H,1-9H2. The van der Waals surface area contributed by atoms with E-state index in [0.717, 1.165) is 58.7 Å². The van der Waals surface area contributed by atoms with Crippen LogP contribution in [0.4, 0.5) is 0 Å². The first kappa shape index (κ1) is 11.0. The van der Waals surface area contributed by atoms with Crippen LogP contribution in [0.2, 0.25) is 0 Å². The first-order valence-electron chi connectivity index (χ1n) is 6.42. The predicted octanol–water partition coefficient (Wildman–Crippen LogP) is 0.703. The molecule has 3 rings (SSSR count). The van der Waals surface area contributed by atoms with E-state index in [1.54, 1.807) is 0 Å². The Kier molecular flexibility index (Phi) is 3.16. The summed E-state index contributed by atoms with van der Waals surface area (Å²) >= 11 is 0. The highest BCUT2D eigenvalue weighted by Gasteiger charge is 2.41. The molecule has 3 unspecified atom stereocenters. The lowest BCUT2D eigenvalue weighted by Crippen LogP contribution is -2.50. The van der Waals surface area contributed by atoms with Crippen LogP contribution in [0.3, 0.4) is 0 Å². The molecule has 0 aromatic rings. The first-order valence-corrected chi connectivity index (χ1v) is 6.42. The van der Waals surface area contributed by atoms with Gasteiger partial charge >= 0.3 is 0 Å². The maximum absolute atomic E-state index is 5.92. The van der Waals surface area contributed by atoms with Crippen LogP contribution in [0.1, 0.15) is 25.7 Å². The summed E-state index contributed by atoms with van der Waals surface area (Å²) in [4.78, 5) is 0. The number of hydrogen-bond acceptors (Lipinski definition) is 4. The Morgan fingerprint density at radius 3 is 2.69 bits per heavy atom. The summed E-state index contributed by atoms with van der Waals surface area (Å²) in [5.74, 6) is 0. The van der Waals surface area contributed by atoms with Gasteiger partial charge in [-0.2, -0.15) is 0 Å². The topological polar surface area (TPSA) is 39.7 Å². The molecule has 4 nitrogen and oxygen atoms in total. The minimum Gasteiger partial charge on any atom is -0.380 e. The van der Waals surface area contributed by atoms with Crippen molar-refractivity contribution in [2.24, 2.45) is 0 Å². The van der Waals surface area contributed by atoms with E-state index in [1.165, 1.54) is 0 Å². The number of hydrogen-bond donors (Lipinski definition) is 1. The average molecular weight is 227 g/mol. The van der Waals surface area contributed by atoms with Gasteiger partial charge in [-0.15, -0.1) is 0 Å². The molecule has 1 N–H and O–H groups in total. The second kappa shape index (κ2) is 4.61. The first-order chi connectivity index (χ1) is 7.86. The molecule has 3 atom stereocenters. The molecule has 0 aliphatic carbocycles. The van der Waals surface area contributed by atoms with Gasteiger partial charge in [0.25, 0.3) is 0 Å². The largest absolute Gasteiger partial charge is 0.380 e. The fourth-order valence-electron chi connectivity index (χ4n) is 3.03. The minimum absolute atomic E-state index is 0.0232. The highest BCUT2D eigenvalue weighted by Crippen LogP contribution is 2.33. The summed E-state index contributed by atoms with van der Waals surface area (Å²) in [7, 11) is 0. The Morgan fingerprint density at radius 2 is 1.94 bits per heavy atom. The molecule has 3 saturated heterocycles. The van der Waals surface area contributed by atoms with Gasteiger partial charge in [-0.05, 0) is 19.3 Å². The lowest BCUT2D eigenvalue weighted by molar-refractivity contribution is -0.0903. The van der Waals surface area contributed by atoms with E-state index in [-0.39, 0.29) is 5.60 Å². The van der Waals surface area contributed by atoms with Gasteiger partial charge in [0, 0.05) is 38.3 Å². The quantitative estimate of drug-likeness (QED) is 0.754. The van der Waals surface area contributed by atoms with Crippen LogP contribution < -0.4 is 5.32 Å². The summed E-state index contributed by atoms with van der Waals surface area (Å²) in [5, 5.41) is 3.71. The lowest BCUT2D eigenvalue weighted by Gasteiger charge is -2.38. The number of ether oxygens (including phenoxy) is 3. The van der Waals surface area contributed by atoms with Crippen LogP contribution in [-0.4, -0.2) is 50.7 Å². The maximum atomic E-state index is 5.92. The van der Waals surface area contributed by atoms with Gasteiger partial charge in [0.05, 0.1) is 18.8 Å². The van der Waals surface area contributed by atoms with Crippen LogP contribution >= 0.6 is 0 Å². The molecule has 3 aliphatic rings. The lowest BCUT2D eigenvalue weighted by atomic mass is 9.89. The second-order valence-electron chi connectivity index (χ2n) is 5.25. The second-order valence-corrected chi connectivity index (χ2v) is 5.25. The Bertz CT molecular complexity index is 234. The Labute approximate surface area is 96.6 Å². The van der Waals surface area contributed by atoms with Crippen LogP contribution in [-0.2, 0) is 14.2 Å². The van der Waals surface area contributed by atoms with Gasteiger partial charge in [-0.1, -0.05) is 0 Å². The van der Waals surface area contributed by atoms with E-state index in [1.807, 2.05) is 0 Å². The molecule has 0 radical (unpaired) electrons. The van der Waals surface area contributed by atoms with Crippen LogP contribution in [0.15, 0.2) is 0 Å². The van der Waals surface area contributed by atoms with Gasteiger partial charge in [0.15, 0.2) is 0 Å². The van der Waals surface area contributed by atoms with Gasteiger partial charge in [0.1, 0.15) is 0 Å². The van der Waals surface area contributed by atoms with Crippen LogP contribution in [0.25, 0.3) is 0 Å². The van der Waals surface area contributed by atoms with Crippen LogP contribution in [0.5, 0.6) is 0 Å². The highest BCUT2D eigenvalue weighted by molar-refractivity contribution is 4.93. The van der Waals surface area contributed by atoms with E-state index in [4.69, 9.17) is 14.2 Å². The van der Waals surface area contributed by atoms with Gasteiger partial charge in [-0.25, -0.2) is 0 Å². The molecule has 4 heteroatoms. The predicted molar refractivity (Wildman–Crippen MR) is 59.5 cm³/mol. The highest BCUT2D eigenvalue weighted by atomic mass is 16.6. The Hall–Kier alpha value is -0.160. The number of nitrogens with one attached hydrogen (secondary N) is 1. The molecule has 3 fully saturated rings. The van der Waals surface area contributed by atoms with Crippen molar-refractivity contribution in [2.45, 2.75) is 43.4 Å². The Balaban J connectivity index is 1.55. The smallest absolute Gasteiger partial charge is 0.0951 e. The van der Waals surface area contributed by atoms with Crippen molar-refractivity contribution in [3.05, 3.63) is 0 Å². The molecule has 0 amide bonds.